The highest BCUT2D eigenvalue weighted by atomic mass is 35.5. The maximum absolute atomic E-state index is 6.57. The molecule has 2 nitrogen and oxygen atoms in total. The molecule has 1 aromatic heterocycles. The molecule has 1 aliphatic carbocycles. The van der Waals surface area contributed by atoms with Crippen LogP contribution < -0.4 is 10.2 Å². The van der Waals surface area contributed by atoms with E-state index < -0.39 is 0 Å². The van der Waals surface area contributed by atoms with Gasteiger partial charge in [-0.15, -0.1) is 0 Å². The Labute approximate surface area is 135 Å². The van der Waals surface area contributed by atoms with Crippen LogP contribution in [0.1, 0.15) is 36.9 Å². The number of hydrogen-bond acceptors (Lipinski definition) is 3. The molecule has 0 amide bonds. The van der Waals surface area contributed by atoms with Crippen molar-refractivity contribution in [3.63, 3.8) is 0 Å². The minimum atomic E-state index is 0.322. The van der Waals surface area contributed by atoms with Crippen LogP contribution in [0.3, 0.4) is 0 Å². The van der Waals surface area contributed by atoms with Crippen LogP contribution >= 0.6 is 22.9 Å². The van der Waals surface area contributed by atoms with Crippen LogP contribution in [0.4, 0.5) is 5.69 Å². The van der Waals surface area contributed by atoms with Gasteiger partial charge in [-0.3, -0.25) is 0 Å². The van der Waals surface area contributed by atoms with Crippen molar-refractivity contribution in [2.45, 2.75) is 38.4 Å². The van der Waals surface area contributed by atoms with Crippen molar-refractivity contribution in [1.29, 1.82) is 0 Å². The van der Waals surface area contributed by atoms with Gasteiger partial charge in [-0.2, -0.15) is 11.3 Å². The van der Waals surface area contributed by atoms with Crippen molar-refractivity contribution < 1.29 is 0 Å². The third-order valence-electron chi connectivity index (χ3n) is 4.13. The predicted molar refractivity (Wildman–Crippen MR) is 92.5 cm³/mol. The Morgan fingerprint density at radius 2 is 2.19 bits per heavy atom. The zero-order valence-electron chi connectivity index (χ0n) is 12.5. The number of nitrogens with one attached hydrogen (secondary N) is 1. The summed E-state index contributed by atoms with van der Waals surface area (Å²) < 4.78 is 0. The van der Waals surface area contributed by atoms with E-state index in [0.717, 1.165) is 17.3 Å². The van der Waals surface area contributed by atoms with Crippen LogP contribution in [0.5, 0.6) is 0 Å². The summed E-state index contributed by atoms with van der Waals surface area (Å²) in [5.41, 5.74) is 3.77. The normalized spacial score (nSPS) is 16.0. The minimum Gasteiger partial charge on any atom is -0.363 e. The quantitative estimate of drug-likeness (QED) is 0.818. The van der Waals surface area contributed by atoms with E-state index in [1.807, 2.05) is 7.05 Å². The zero-order chi connectivity index (χ0) is 14.8. The maximum Gasteiger partial charge on any atom is 0.0643 e. The lowest BCUT2D eigenvalue weighted by Crippen LogP contribution is -2.25. The van der Waals surface area contributed by atoms with E-state index in [1.54, 1.807) is 11.3 Å². The smallest absolute Gasteiger partial charge is 0.0643 e. The van der Waals surface area contributed by atoms with Crippen molar-refractivity contribution in [2.75, 3.05) is 11.9 Å². The molecule has 0 radical (unpaired) electrons. The Kier molecular flexibility index (Phi) is 4.53. The number of thiophene rings is 1. The second-order valence-corrected chi connectivity index (χ2v) is 6.90. The lowest BCUT2D eigenvalue weighted by Gasteiger charge is -2.26. The first-order valence-electron chi connectivity index (χ1n) is 7.43. The van der Waals surface area contributed by atoms with Crippen LogP contribution in [-0.2, 0) is 6.54 Å². The molecule has 1 N–H and O–H groups in total. The van der Waals surface area contributed by atoms with Gasteiger partial charge in [-0.1, -0.05) is 17.7 Å². The highest BCUT2D eigenvalue weighted by Crippen LogP contribution is 2.38. The number of rotatable bonds is 6. The van der Waals surface area contributed by atoms with E-state index in [-0.39, 0.29) is 0 Å². The van der Waals surface area contributed by atoms with Gasteiger partial charge in [0, 0.05) is 18.6 Å². The van der Waals surface area contributed by atoms with Gasteiger partial charge in [0.25, 0.3) is 0 Å². The summed E-state index contributed by atoms with van der Waals surface area (Å²) in [6, 6.07) is 9.63. The molecule has 2 aromatic rings. The summed E-state index contributed by atoms with van der Waals surface area (Å²) in [5.74, 6) is 0. The average molecular weight is 321 g/mol. The van der Waals surface area contributed by atoms with Gasteiger partial charge in [-0.25, -0.2) is 0 Å². The molecule has 0 saturated heterocycles. The highest BCUT2D eigenvalue weighted by Gasteiger charge is 2.30. The molecule has 1 saturated carbocycles. The van der Waals surface area contributed by atoms with Crippen LogP contribution in [0.15, 0.2) is 35.0 Å². The van der Waals surface area contributed by atoms with Gasteiger partial charge in [-0.05, 0) is 66.9 Å². The topological polar surface area (TPSA) is 15.3 Å². The summed E-state index contributed by atoms with van der Waals surface area (Å²) in [7, 11) is 1.97. The molecule has 1 heterocycles. The molecule has 112 valence electrons. The second-order valence-electron chi connectivity index (χ2n) is 5.71. The fraction of sp³-hybridized carbons (Fsp3) is 0.412. The third kappa shape index (κ3) is 3.42. The van der Waals surface area contributed by atoms with Crippen molar-refractivity contribution >= 4 is 28.6 Å². The SMILES string of the molecule is CNC(C)c1ccc(N(Cc2ccsc2)C2CC2)c(Cl)c1. The van der Waals surface area contributed by atoms with E-state index >= 15 is 0 Å². The van der Waals surface area contributed by atoms with Crippen molar-refractivity contribution in [2.24, 2.45) is 0 Å². The largest absolute Gasteiger partial charge is 0.363 e. The van der Waals surface area contributed by atoms with Gasteiger partial charge in [0.15, 0.2) is 0 Å². The minimum absolute atomic E-state index is 0.322. The van der Waals surface area contributed by atoms with E-state index in [0.29, 0.717) is 12.1 Å². The van der Waals surface area contributed by atoms with Crippen molar-refractivity contribution in [3.05, 3.63) is 51.2 Å². The summed E-state index contributed by atoms with van der Waals surface area (Å²) in [5, 5.41) is 8.48. The van der Waals surface area contributed by atoms with Crippen molar-refractivity contribution in [3.8, 4) is 0 Å². The Morgan fingerprint density at radius 3 is 2.76 bits per heavy atom. The zero-order valence-corrected chi connectivity index (χ0v) is 14.0. The van der Waals surface area contributed by atoms with Gasteiger partial charge < -0.3 is 10.2 Å². The van der Waals surface area contributed by atoms with Crippen LogP contribution in [0, 0.1) is 0 Å². The van der Waals surface area contributed by atoms with E-state index in [4.69, 9.17) is 11.6 Å². The van der Waals surface area contributed by atoms with Crippen molar-refractivity contribution in [1.82, 2.24) is 5.32 Å². The van der Waals surface area contributed by atoms with Crippen LogP contribution in [0.2, 0.25) is 5.02 Å². The highest BCUT2D eigenvalue weighted by molar-refractivity contribution is 7.07. The second kappa shape index (κ2) is 6.39. The van der Waals surface area contributed by atoms with Gasteiger partial charge in [0.2, 0.25) is 0 Å². The number of anilines is 1. The van der Waals surface area contributed by atoms with Crippen LogP contribution in [-0.4, -0.2) is 13.1 Å². The fourth-order valence-corrected chi connectivity index (χ4v) is 3.53. The number of halogens is 1. The molecule has 1 atom stereocenters. The molecule has 21 heavy (non-hydrogen) atoms. The molecule has 0 spiro atoms. The van der Waals surface area contributed by atoms with E-state index in [1.165, 1.54) is 24.0 Å². The first-order valence-corrected chi connectivity index (χ1v) is 8.75. The Bertz CT molecular complexity index is 593. The first-order chi connectivity index (χ1) is 10.2. The standard InChI is InChI=1S/C17H21ClN2S/c1-12(19-2)14-3-6-17(16(18)9-14)20(15-4-5-15)10-13-7-8-21-11-13/h3,6-9,11-12,15,19H,4-5,10H2,1-2H3. The van der Waals surface area contributed by atoms with Gasteiger partial charge in [0.1, 0.15) is 0 Å². The molecule has 1 unspecified atom stereocenters. The summed E-state index contributed by atoms with van der Waals surface area (Å²) in [4.78, 5) is 2.46. The lowest BCUT2D eigenvalue weighted by atomic mass is 10.1. The van der Waals surface area contributed by atoms with E-state index in [9.17, 15) is 0 Å². The molecule has 0 bridgehead atoms. The molecule has 1 aromatic carbocycles. The van der Waals surface area contributed by atoms with Crippen LogP contribution in [0.25, 0.3) is 0 Å². The summed E-state index contributed by atoms with van der Waals surface area (Å²) in [6.07, 6.45) is 2.55. The fourth-order valence-electron chi connectivity index (χ4n) is 2.57. The summed E-state index contributed by atoms with van der Waals surface area (Å²) in [6.45, 7) is 3.10. The van der Waals surface area contributed by atoms with Gasteiger partial charge in [0.05, 0.1) is 10.7 Å². The molecule has 3 rings (SSSR count). The monoisotopic (exact) mass is 320 g/mol. The number of nitrogens with zero attached hydrogens (tertiary/aromatic N) is 1. The average Bonchev–Trinajstić information content (AvgIpc) is 3.21. The maximum atomic E-state index is 6.57. The Hall–Kier alpha value is -1.03. The Morgan fingerprint density at radius 1 is 1.38 bits per heavy atom. The predicted octanol–water partition coefficient (Wildman–Crippen LogP) is 4.85. The molecule has 4 heteroatoms. The number of hydrogen-bond donors (Lipinski definition) is 1. The molecule has 0 aliphatic heterocycles. The molecular formula is C17H21ClN2S. The first kappa shape index (κ1) is 14.9. The lowest BCUT2D eigenvalue weighted by molar-refractivity contribution is 0.652. The molecular weight excluding hydrogens is 300 g/mol. The third-order valence-corrected chi connectivity index (χ3v) is 5.17. The number of benzene rings is 1. The van der Waals surface area contributed by atoms with E-state index in [2.05, 4.69) is 52.2 Å². The molecule has 1 fully saturated rings. The molecule has 1 aliphatic rings. The van der Waals surface area contributed by atoms with Gasteiger partial charge >= 0.3 is 0 Å². The summed E-state index contributed by atoms with van der Waals surface area (Å²) >= 11 is 8.32. The Balaban J connectivity index is 1.85.